The molecule has 0 aromatic heterocycles. The third kappa shape index (κ3) is 3.24. The lowest BCUT2D eigenvalue weighted by Crippen LogP contribution is -2.04. The molecule has 1 nitrogen and oxygen atoms in total. The van der Waals surface area contributed by atoms with Gasteiger partial charge in [-0.2, -0.15) is 13.2 Å². The molecule has 0 spiro atoms. The van der Waals surface area contributed by atoms with E-state index in [0.717, 1.165) is 12.1 Å². The zero-order valence-corrected chi connectivity index (χ0v) is 7.32. The van der Waals surface area contributed by atoms with Gasteiger partial charge in [0, 0.05) is 0 Å². The number of alkyl halides is 3. The summed E-state index contributed by atoms with van der Waals surface area (Å²) in [6.07, 6.45) is -4.30. The van der Waals surface area contributed by atoms with Crippen LogP contribution in [-0.2, 0) is 12.8 Å². The van der Waals surface area contributed by atoms with Gasteiger partial charge in [0.2, 0.25) is 0 Å². The zero-order chi connectivity index (χ0) is 9.19. The van der Waals surface area contributed by atoms with Crippen molar-refractivity contribution in [1.29, 1.82) is 0 Å². The zero-order valence-electron chi connectivity index (χ0n) is 6.51. The number of rotatable bonds is 1. The van der Waals surface area contributed by atoms with Crippen molar-refractivity contribution in [3.05, 3.63) is 35.4 Å². The second-order valence-corrected chi connectivity index (χ2v) is 2.35. The number of aliphatic hydroxyl groups excluding tert-OH is 1. The van der Waals surface area contributed by atoms with Crippen LogP contribution >= 0.6 is 12.4 Å². The monoisotopic (exact) mass is 212 g/mol. The number of aliphatic hydroxyl groups is 1. The van der Waals surface area contributed by atoms with Gasteiger partial charge in [0.05, 0.1) is 12.2 Å². The second kappa shape index (κ2) is 4.48. The molecule has 0 atom stereocenters. The van der Waals surface area contributed by atoms with Crippen molar-refractivity contribution in [2.24, 2.45) is 0 Å². The largest absolute Gasteiger partial charge is 0.416 e. The summed E-state index contributed by atoms with van der Waals surface area (Å²) in [5, 5.41) is 8.55. The molecule has 0 heterocycles. The second-order valence-electron chi connectivity index (χ2n) is 2.35. The molecule has 1 N–H and O–H groups in total. The van der Waals surface area contributed by atoms with Crippen LogP contribution in [0.3, 0.4) is 0 Å². The van der Waals surface area contributed by atoms with Gasteiger partial charge in [0.15, 0.2) is 0 Å². The summed E-state index contributed by atoms with van der Waals surface area (Å²) in [7, 11) is 0. The number of hydrogen-bond donors (Lipinski definition) is 1. The van der Waals surface area contributed by atoms with E-state index in [0.29, 0.717) is 5.56 Å². The highest BCUT2D eigenvalue weighted by Crippen LogP contribution is 2.28. The first-order chi connectivity index (χ1) is 5.54. The molecule has 0 radical (unpaired) electrons. The molecule has 0 unspecified atom stereocenters. The minimum Gasteiger partial charge on any atom is -0.392 e. The lowest BCUT2D eigenvalue weighted by atomic mass is 10.1. The molecule has 0 saturated heterocycles. The van der Waals surface area contributed by atoms with E-state index >= 15 is 0 Å². The van der Waals surface area contributed by atoms with Crippen LogP contribution in [0.1, 0.15) is 11.1 Å². The molecule has 0 bridgehead atoms. The van der Waals surface area contributed by atoms with Gasteiger partial charge < -0.3 is 5.11 Å². The highest BCUT2D eigenvalue weighted by atomic mass is 35.5. The van der Waals surface area contributed by atoms with Crippen molar-refractivity contribution < 1.29 is 18.3 Å². The Hall–Kier alpha value is -0.740. The predicted molar refractivity (Wildman–Crippen MR) is 44.6 cm³/mol. The van der Waals surface area contributed by atoms with Crippen LogP contribution in [-0.4, -0.2) is 5.11 Å². The fraction of sp³-hybridized carbons (Fsp3) is 0.250. The smallest absolute Gasteiger partial charge is 0.392 e. The Labute approximate surface area is 79.6 Å². The van der Waals surface area contributed by atoms with Gasteiger partial charge in [-0.05, 0) is 17.7 Å². The van der Waals surface area contributed by atoms with Crippen molar-refractivity contribution in [3.8, 4) is 0 Å². The van der Waals surface area contributed by atoms with Gasteiger partial charge in [-0.1, -0.05) is 12.1 Å². The van der Waals surface area contributed by atoms with Crippen LogP contribution in [0.4, 0.5) is 13.2 Å². The summed E-state index contributed by atoms with van der Waals surface area (Å²) < 4.78 is 35.9. The average Bonchev–Trinajstić information content (AvgIpc) is 2.03. The average molecular weight is 213 g/mol. The van der Waals surface area contributed by atoms with E-state index in [-0.39, 0.29) is 19.0 Å². The first-order valence-electron chi connectivity index (χ1n) is 3.31. The van der Waals surface area contributed by atoms with Crippen LogP contribution < -0.4 is 0 Å². The Balaban J connectivity index is 0.00000144. The third-order valence-corrected chi connectivity index (χ3v) is 1.46. The SMILES string of the molecule is Cl.OCc1ccc(C(F)(F)F)cc1. The summed E-state index contributed by atoms with van der Waals surface area (Å²) in [6.45, 7) is -0.238. The van der Waals surface area contributed by atoms with Gasteiger partial charge in [0.25, 0.3) is 0 Å². The van der Waals surface area contributed by atoms with Crippen molar-refractivity contribution in [3.63, 3.8) is 0 Å². The van der Waals surface area contributed by atoms with E-state index in [1.165, 1.54) is 12.1 Å². The van der Waals surface area contributed by atoms with E-state index in [1.807, 2.05) is 0 Å². The molecule has 1 aromatic carbocycles. The number of benzene rings is 1. The highest BCUT2D eigenvalue weighted by molar-refractivity contribution is 5.85. The molecule has 0 aliphatic heterocycles. The fourth-order valence-corrected chi connectivity index (χ4v) is 0.799. The molecule has 1 aromatic rings. The van der Waals surface area contributed by atoms with Gasteiger partial charge in [-0.15, -0.1) is 12.4 Å². The predicted octanol–water partition coefficient (Wildman–Crippen LogP) is 2.62. The molecule has 0 amide bonds. The van der Waals surface area contributed by atoms with Crippen molar-refractivity contribution in [1.82, 2.24) is 0 Å². The van der Waals surface area contributed by atoms with Crippen LogP contribution in [0.15, 0.2) is 24.3 Å². The standard InChI is InChI=1S/C8H7F3O.ClH/c9-8(10,11)7-3-1-6(5-12)2-4-7;/h1-4,12H,5H2;1H. The van der Waals surface area contributed by atoms with Gasteiger partial charge in [-0.3, -0.25) is 0 Å². The van der Waals surface area contributed by atoms with Crippen molar-refractivity contribution in [2.75, 3.05) is 0 Å². The lowest BCUT2D eigenvalue weighted by Gasteiger charge is -2.05. The molecule has 1 rings (SSSR count). The topological polar surface area (TPSA) is 20.2 Å². The van der Waals surface area contributed by atoms with Crippen molar-refractivity contribution >= 4 is 12.4 Å². The van der Waals surface area contributed by atoms with Gasteiger partial charge in [0.1, 0.15) is 0 Å². The summed E-state index contributed by atoms with van der Waals surface area (Å²) in [5.74, 6) is 0. The van der Waals surface area contributed by atoms with E-state index in [2.05, 4.69) is 0 Å². The Bertz CT molecular complexity index is 255. The molecule has 0 aliphatic carbocycles. The Morgan fingerprint density at radius 2 is 1.54 bits per heavy atom. The number of hydrogen-bond acceptors (Lipinski definition) is 1. The van der Waals surface area contributed by atoms with Gasteiger partial charge >= 0.3 is 6.18 Å². The van der Waals surface area contributed by atoms with E-state index < -0.39 is 11.7 Å². The van der Waals surface area contributed by atoms with Gasteiger partial charge in [-0.25, -0.2) is 0 Å². The summed E-state index contributed by atoms with van der Waals surface area (Å²) >= 11 is 0. The molecule has 74 valence electrons. The minimum absolute atomic E-state index is 0. The Morgan fingerprint density at radius 3 is 1.85 bits per heavy atom. The van der Waals surface area contributed by atoms with Crippen LogP contribution in [0.5, 0.6) is 0 Å². The van der Waals surface area contributed by atoms with E-state index in [9.17, 15) is 13.2 Å². The summed E-state index contributed by atoms with van der Waals surface area (Å²) in [4.78, 5) is 0. The third-order valence-electron chi connectivity index (χ3n) is 1.46. The molecule has 5 heteroatoms. The quantitative estimate of drug-likeness (QED) is 0.759. The molecule has 0 aliphatic rings. The molecule has 13 heavy (non-hydrogen) atoms. The maximum Gasteiger partial charge on any atom is 0.416 e. The van der Waals surface area contributed by atoms with Crippen LogP contribution in [0.2, 0.25) is 0 Å². The molecule has 0 fully saturated rings. The minimum atomic E-state index is -4.30. The molecule has 0 saturated carbocycles. The highest BCUT2D eigenvalue weighted by Gasteiger charge is 2.29. The Kier molecular flexibility index (Phi) is 4.23. The maximum absolute atomic E-state index is 12.0. The first kappa shape index (κ1) is 12.3. The van der Waals surface area contributed by atoms with Crippen LogP contribution in [0, 0.1) is 0 Å². The lowest BCUT2D eigenvalue weighted by molar-refractivity contribution is -0.137. The maximum atomic E-state index is 12.0. The molecular formula is C8H8ClF3O. The fourth-order valence-electron chi connectivity index (χ4n) is 0.799. The first-order valence-corrected chi connectivity index (χ1v) is 3.31. The van der Waals surface area contributed by atoms with E-state index in [4.69, 9.17) is 5.11 Å². The Morgan fingerprint density at radius 1 is 1.08 bits per heavy atom. The summed E-state index contributed by atoms with van der Waals surface area (Å²) in [6, 6.07) is 4.41. The van der Waals surface area contributed by atoms with Crippen molar-refractivity contribution in [2.45, 2.75) is 12.8 Å². The normalized spacial score (nSPS) is 10.8. The number of halogens is 4. The van der Waals surface area contributed by atoms with E-state index in [1.54, 1.807) is 0 Å². The molecular weight excluding hydrogens is 205 g/mol. The van der Waals surface area contributed by atoms with Crippen LogP contribution in [0.25, 0.3) is 0 Å². The summed E-state index contributed by atoms with van der Waals surface area (Å²) in [5.41, 5.74) is -0.220.